The third-order valence-electron chi connectivity index (χ3n) is 5.75. The molecule has 31 heavy (non-hydrogen) atoms. The third kappa shape index (κ3) is 4.54. The topological polar surface area (TPSA) is 84.2 Å². The quantitative estimate of drug-likeness (QED) is 0.760. The van der Waals surface area contributed by atoms with Gasteiger partial charge < -0.3 is 24.0 Å². The van der Waals surface area contributed by atoms with E-state index in [9.17, 15) is 14.7 Å². The van der Waals surface area contributed by atoms with Crippen LogP contribution in [0.25, 0.3) is 0 Å². The minimum absolute atomic E-state index is 0.0315. The van der Waals surface area contributed by atoms with E-state index in [4.69, 9.17) is 9.47 Å². The first-order valence-electron chi connectivity index (χ1n) is 10.6. The van der Waals surface area contributed by atoms with Crippen molar-refractivity contribution in [2.75, 3.05) is 39.9 Å². The van der Waals surface area contributed by atoms with Crippen molar-refractivity contribution in [3.05, 3.63) is 57.5 Å². The van der Waals surface area contributed by atoms with Crippen LogP contribution < -0.4 is 10.3 Å². The number of aryl methyl sites for hydroxylation is 1. The standard InChI is InChI=1S/C23H31N3O5/c1-5-26-16(3)15-18(27)20(22(26)28)21(17-9-7-8-10-19(17)30-4)24-11-13-25(14-12-24)23(29)31-6-2/h7-10,15,21,27H,5-6,11-14H2,1-4H3/t21-/m0/s1. The number of carbonyl (C=O) groups excluding carboxylic acids is 1. The molecule has 0 saturated carbocycles. The van der Waals surface area contributed by atoms with Crippen LogP contribution in [-0.2, 0) is 11.3 Å². The lowest BCUT2D eigenvalue weighted by molar-refractivity contribution is 0.0705. The van der Waals surface area contributed by atoms with E-state index in [0.29, 0.717) is 56.3 Å². The molecule has 1 saturated heterocycles. The first-order chi connectivity index (χ1) is 14.9. The van der Waals surface area contributed by atoms with Crippen molar-refractivity contribution in [2.45, 2.75) is 33.4 Å². The molecule has 2 heterocycles. The van der Waals surface area contributed by atoms with Crippen molar-refractivity contribution in [2.24, 2.45) is 0 Å². The first-order valence-corrected chi connectivity index (χ1v) is 10.6. The Balaban J connectivity index is 2.07. The van der Waals surface area contributed by atoms with Crippen LogP contribution in [0.3, 0.4) is 0 Å². The van der Waals surface area contributed by atoms with Crippen LogP contribution in [0.5, 0.6) is 11.5 Å². The summed E-state index contributed by atoms with van der Waals surface area (Å²) >= 11 is 0. The van der Waals surface area contributed by atoms with Gasteiger partial charge in [-0.05, 0) is 32.9 Å². The minimum atomic E-state index is -0.508. The zero-order valence-electron chi connectivity index (χ0n) is 18.6. The zero-order chi connectivity index (χ0) is 22.5. The van der Waals surface area contributed by atoms with Gasteiger partial charge in [-0.2, -0.15) is 0 Å². The molecule has 0 aliphatic carbocycles. The lowest BCUT2D eigenvalue weighted by Gasteiger charge is -2.39. The van der Waals surface area contributed by atoms with E-state index in [1.165, 1.54) is 0 Å². The number of ether oxygens (including phenoxy) is 2. The number of hydrogen-bond donors (Lipinski definition) is 1. The zero-order valence-corrected chi connectivity index (χ0v) is 18.6. The molecule has 1 aromatic heterocycles. The molecule has 0 unspecified atom stereocenters. The van der Waals surface area contributed by atoms with Gasteiger partial charge in [0.15, 0.2) is 0 Å². The van der Waals surface area contributed by atoms with E-state index in [1.807, 2.05) is 38.1 Å². The molecule has 2 aromatic rings. The summed E-state index contributed by atoms with van der Waals surface area (Å²) in [5.74, 6) is 0.610. The third-order valence-corrected chi connectivity index (χ3v) is 5.75. The first kappa shape index (κ1) is 22.7. The summed E-state index contributed by atoms with van der Waals surface area (Å²) in [5, 5.41) is 10.9. The number of amides is 1. The van der Waals surface area contributed by atoms with Crippen LogP contribution in [0.4, 0.5) is 4.79 Å². The highest BCUT2D eigenvalue weighted by molar-refractivity contribution is 5.67. The Labute approximate surface area is 182 Å². The highest BCUT2D eigenvalue weighted by Gasteiger charge is 2.34. The molecule has 0 bridgehead atoms. The number of carbonyl (C=O) groups is 1. The fourth-order valence-corrected chi connectivity index (χ4v) is 4.22. The van der Waals surface area contributed by atoms with E-state index in [1.54, 1.807) is 29.6 Å². The highest BCUT2D eigenvalue weighted by Crippen LogP contribution is 2.37. The fourth-order valence-electron chi connectivity index (χ4n) is 4.22. The Kier molecular flexibility index (Phi) is 7.22. The maximum absolute atomic E-state index is 13.4. The molecule has 1 fully saturated rings. The Hall–Kier alpha value is -3.00. The van der Waals surface area contributed by atoms with E-state index in [0.717, 1.165) is 5.56 Å². The summed E-state index contributed by atoms with van der Waals surface area (Å²) < 4.78 is 12.4. The summed E-state index contributed by atoms with van der Waals surface area (Å²) in [6, 6.07) is 8.65. The molecule has 1 N–H and O–H groups in total. The lowest BCUT2D eigenvalue weighted by Crippen LogP contribution is -2.50. The second-order valence-electron chi connectivity index (χ2n) is 7.50. The van der Waals surface area contributed by atoms with Crippen LogP contribution in [0, 0.1) is 6.92 Å². The number of hydrogen-bond acceptors (Lipinski definition) is 6. The summed E-state index contributed by atoms with van der Waals surface area (Å²) in [5.41, 5.74) is 1.61. The van der Waals surface area contributed by atoms with Gasteiger partial charge in [-0.15, -0.1) is 0 Å². The molecule has 1 aliphatic heterocycles. The Morgan fingerprint density at radius 2 is 1.84 bits per heavy atom. The van der Waals surface area contributed by atoms with Crippen LogP contribution in [0.15, 0.2) is 35.1 Å². The van der Waals surface area contributed by atoms with Crippen LogP contribution >= 0.6 is 0 Å². The van der Waals surface area contributed by atoms with Crippen LogP contribution in [0.2, 0.25) is 0 Å². The second-order valence-corrected chi connectivity index (χ2v) is 7.50. The van der Waals surface area contributed by atoms with E-state index in [-0.39, 0.29) is 17.4 Å². The SMILES string of the molecule is CCOC(=O)N1CCN([C@@H](c2ccccc2OC)c2c(O)cc(C)n(CC)c2=O)CC1. The van der Waals surface area contributed by atoms with Crippen molar-refractivity contribution < 1.29 is 19.4 Å². The molecule has 168 valence electrons. The van der Waals surface area contributed by atoms with Gasteiger partial charge in [0.2, 0.25) is 0 Å². The molecular formula is C23H31N3O5. The monoisotopic (exact) mass is 429 g/mol. The number of rotatable bonds is 6. The minimum Gasteiger partial charge on any atom is -0.507 e. The number of para-hydroxylation sites is 1. The molecule has 1 amide bonds. The molecule has 8 heteroatoms. The Bertz CT molecular complexity index is 980. The van der Waals surface area contributed by atoms with Crippen LogP contribution in [0.1, 0.15) is 36.7 Å². The molecular weight excluding hydrogens is 398 g/mol. The molecule has 1 aliphatic rings. The maximum atomic E-state index is 13.4. The van der Waals surface area contributed by atoms with E-state index in [2.05, 4.69) is 4.90 Å². The van der Waals surface area contributed by atoms with E-state index >= 15 is 0 Å². The van der Waals surface area contributed by atoms with Gasteiger partial charge in [0.05, 0.1) is 25.3 Å². The Morgan fingerprint density at radius 3 is 2.45 bits per heavy atom. The predicted molar refractivity (Wildman–Crippen MR) is 118 cm³/mol. The summed E-state index contributed by atoms with van der Waals surface area (Å²) in [7, 11) is 1.59. The maximum Gasteiger partial charge on any atom is 0.409 e. The average molecular weight is 430 g/mol. The number of aromatic hydroxyl groups is 1. The molecule has 8 nitrogen and oxygen atoms in total. The molecule has 0 spiro atoms. The van der Waals surface area contributed by atoms with E-state index < -0.39 is 6.04 Å². The van der Waals surface area contributed by atoms with Gasteiger partial charge >= 0.3 is 6.09 Å². The fraction of sp³-hybridized carbons (Fsp3) is 0.478. The number of nitrogens with zero attached hydrogens (tertiary/aromatic N) is 3. The van der Waals surface area contributed by atoms with Crippen molar-refractivity contribution in [1.82, 2.24) is 14.4 Å². The summed E-state index contributed by atoms with van der Waals surface area (Å²) in [4.78, 5) is 29.3. The normalized spacial score (nSPS) is 15.5. The molecule has 3 rings (SSSR count). The molecule has 1 aromatic carbocycles. The molecule has 0 radical (unpaired) electrons. The Morgan fingerprint density at radius 1 is 1.16 bits per heavy atom. The van der Waals surface area contributed by atoms with Gasteiger partial charge in [-0.3, -0.25) is 9.69 Å². The number of methoxy groups -OCH3 is 1. The average Bonchev–Trinajstić information content (AvgIpc) is 2.77. The smallest absolute Gasteiger partial charge is 0.409 e. The van der Waals surface area contributed by atoms with Crippen molar-refractivity contribution in [3.8, 4) is 11.5 Å². The summed E-state index contributed by atoms with van der Waals surface area (Å²) in [6.07, 6.45) is -0.331. The van der Waals surface area contributed by atoms with Crippen molar-refractivity contribution >= 4 is 6.09 Å². The second kappa shape index (κ2) is 9.87. The number of benzene rings is 1. The van der Waals surface area contributed by atoms with Gasteiger partial charge in [0.1, 0.15) is 11.5 Å². The summed E-state index contributed by atoms with van der Waals surface area (Å²) in [6.45, 7) is 8.34. The molecule has 1 atom stereocenters. The van der Waals surface area contributed by atoms with Gasteiger partial charge in [-0.25, -0.2) is 4.79 Å². The van der Waals surface area contributed by atoms with Crippen molar-refractivity contribution in [3.63, 3.8) is 0 Å². The van der Waals surface area contributed by atoms with Crippen molar-refractivity contribution in [1.29, 1.82) is 0 Å². The highest BCUT2D eigenvalue weighted by atomic mass is 16.6. The van der Waals surface area contributed by atoms with Gasteiger partial charge in [0.25, 0.3) is 5.56 Å². The van der Waals surface area contributed by atoms with Gasteiger partial charge in [0, 0.05) is 44.0 Å². The van der Waals surface area contributed by atoms with Gasteiger partial charge in [-0.1, -0.05) is 18.2 Å². The predicted octanol–water partition coefficient (Wildman–Crippen LogP) is 2.75. The number of piperazine rings is 1. The number of pyridine rings is 1. The van der Waals surface area contributed by atoms with Crippen LogP contribution in [-0.4, -0.2) is 65.5 Å². The number of aromatic nitrogens is 1. The largest absolute Gasteiger partial charge is 0.507 e. The lowest BCUT2D eigenvalue weighted by atomic mass is 9.95.